The number of amides is 1. The number of carbonyl (C=O) groups is 1. The molecule has 2 heterocycles. The van der Waals surface area contributed by atoms with Crippen LogP contribution in [0.15, 0.2) is 33.7 Å². The first-order chi connectivity index (χ1) is 8.16. The van der Waals surface area contributed by atoms with E-state index in [0.29, 0.717) is 12.1 Å². The van der Waals surface area contributed by atoms with Crippen LogP contribution in [0.25, 0.3) is 0 Å². The van der Waals surface area contributed by atoms with E-state index < -0.39 is 0 Å². The maximum Gasteiger partial charge on any atom is 0.252 e. The smallest absolute Gasteiger partial charge is 0.252 e. The van der Waals surface area contributed by atoms with Gasteiger partial charge < -0.3 is 5.32 Å². The monoisotopic (exact) mass is 310 g/mol. The third-order valence-electron chi connectivity index (χ3n) is 2.42. The van der Waals surface area contributed by atoms with Crippen molar-refractivity contribution in [3.05, 3.63) is 50.4 Å². The molecule has 0 aromatic carbocycles. The van der Waals surface area contributed by atoms with Crippen LogP contribution >= 0.6 is 27.3 Å². The van der Waals surface area contributed by atoms with Gasteiger partial charge in [0, 0.05) is 24.3 Å². The largest absolute Gasteiger partial charge is 0.348 e. The molecule has 0 unspecified atom stereocenters. The van der Waals surface area contributed by atoms with Gasteiger partial charge in [-0.25, -0.2) is 0 Å². The van der Waals surface area contributed by atoms with Gasteiger partial charge in [0.2, 0.25) is 0 Å². The van der Waals surface area contributed by atoms with Crippen molar-refractivity contribution in [3.8, 4) is 0 Å². The lowest BCUT2D eigenvalue weighted by Crippen LogP contribution is -2.22. The highest BCUT2D eigenvalue weighted by molar-refractivity contribution is 9.11. The van der Waals surface area contributed by atoms with Gasteiger partial charge in [0.25, 0.3) is 5.91 Å². The lowest BCUT2D eigenvalue weighted by atomic mass is 10.1. The molecule has 0 aliphatic heterocycles. The molecule has 17 heavy (non-hydrogen) atoms. The highest BCUT2D eigenvalue weighted by Gasteiger charge is 2.07. The van der Waals surface area contributed by atoms with Gasteiger partial charge >= 0.3 is 0 Å². The second-order valence-electron chi connectivity index (χ2n) is 3.62. The Balaban J connectivity index is 1.99. The van der Waals surface area contributed by atoms with Gasteiger partial charge in [0.05, 0.1) is 9.35 Å². The number of hydrogen-bond donors (Lipinski definition) is 1. The Morgan fingerprint density at radius 2 is 2.41 bits per heavy atom. The van der Waals surface area contributed by atoms with Crippen LogP contribution in [0.1, 0.15) is 21.5 Å². The molecule has 1 N–H and O–H groups in total. The van der Waals surface area contributed by atoms with Crippen LogP contribution in [0, 0.1) is 6.92 Å². The summed E-state index contributed by atoms with van der Waals surface area (Å²) in [4.78, 5) is 15.8. The number of aromatic nitrogens is 1. The van der Waals surface area contributed by atoms with Crippen molar-refractivity contribution in [1.29, 1.82) is 0 Å². The third kappa shape index (κ3) is 3.14. The number of pyridine rings is 1. The van der Waals surface area contributed by atoms with Crippen molar-refractivity contribution in [1.82, 2.24) is 10.3 Å². The minimum Gasteiger partial charge on any atom is -0.348 e. The second kappa shape index (κ2) is 5.42. The minimum atomic E-state index is -0.0600. The number of carbonyl (C=O) groups excluding carboxylic acids is 1. The lowest BCUT2D eigenvalue weighted by Gasteiger charge is -2.06. The summed E-state index contributed by atoms with van der Waals surface area (Å²) in [6.45, 7) is 2.51. The first-order valence-electron chi connectivity index (χ1n) is 5.08. The maximum absolute atomic E-state index is 11.8. The number of nitrogens with one attached hydrogen (secondary N) is 1. The third-order valence-corrected chi connectivity index (χ3v) is 3.92. The van der Waals surface area contributed by atoms with E-state index in [4.69, 9.17) is 0 Å². The predicted molar refractivity (Wildman–Crippen MR) is 72.2 cm³/mol. The summed E-state index contributed by atoms with van der Waals surface area (Å²) in [7, 11) is 0. The van der Waals surface area contributed by atoms with Crippen LogP contribution in [0.2, 0.25) is 0 Å². The van der Waals surface area contributed by atoms with Crippen molar-refractivity contribution in [3.63, 3.8) is 0 Å². The summed E-state index contributed by atoms with van der Waals surface area (Å²) < 4.78 is 0.959. The fourth-order valence-corrected chi connectivity index (χ4v) is 2.53. The van der Waals surface area contributed by atoms with E-state index in [2.05, 4.69) is 26.2 Å². The Morgan fingerprint density at radius 1 is 1.59 bits per heavy atom. The van der Waals surface area contributed by atoms with Gasteiger partial charge in [-0.2, -0.15) is 0 Å². The number of nitrogens with zero attached hydrogens (tertiary/aromatic N) is 1. The van der Waals surface area contributed by atoms with E-state index in [0.717, 1.165) is 14.9 Å². The quantitative estimate of drug-likeness (QED) is 0.946. The molecule has 0 bridgehead atoms. The number of thiophene rings is 1. The molecular formula is C12H11BrN2OS. The summed E-state index contributed by atoms with van der Waals surface area (Å²) in [6.07, 6.45) is 3.52. The fraction of sp³-hybridized carbons (Fsp3) is 0.167. The summed E-state index contributed by atoms with van der Waals surface area (Å²) in [5.74, 6) is -0.0600. The minimum absolute atomic E-state index is 0.0600. The normalized spacial score (nSPS) is 10.2. The van der Waals surface area contributed by atoms with Crippen molar-refractivity contribution in [2.75, 3.05) is 0 Å². The van der Waals surface area contributed by atoms with Crippen molar-refractivity contribution in [2.45, 2.75) is 13.5 Å². The average Bonchev–Trinajstić information content (AvgIpc) is 2.74. The van der Waals surface area contributed by atoms with Crippen molar-refractivity contribution in [2.24, 2.45) is 0 Å². The first kappa shape index (κ1) is 12.3. The van der Waals surface area contributed by atoms with E-state index in [1.54, 1.807) is 12.4 Å². The molecule has 0 saturated heterocycles. The average molecular weight is 311 g/mol. The molecule has 0 fully saturated rings. The van der Waals surface area contributed by atoms with Crippen LogP contribution < -0.4 is 5.32 Å². The Morgan fingerprint density at radius 3 is 3.06 bits per heavy atom. The lowest BCUT2D eigenvalue weighted by molar-refractivity contribution is 0.0951. The Bertz CT molecular complexity index is 539. The van der Waals surface area contributed by atoms with Crippen molar-refractivity contribution < 1.29 is 4.79 Å². The second-order valence-corrected chi connectivity index (χ2v) is 5.91. The maximum atomic E-state index is 11.8. The molecule has 2 aromatic heterocycles. The van der Waals surface area contributed by atoms with Crippen molar-refractivity contribution >= 4 is 33.2 Å². The number of halogens is 1. The summed E-state index contributed by atoms with van der Waals surface area (Å²) in [5.41, 5.74) is 2.85. The molecule has 5 heteroatoms. The van der Waals surface area contributed by atoms with E-state index in [9.17, 15) is 4.79 Å². The number of rotatable bonds is 3. The summed E-state index contributed by atoms with van der Waals surface area (Å²) >= 11 is 4.84. The predicted octanol–water partition coefficient (Wildman–Crippen LogP) is 3.14. The van der Waals surface area contributed by atoms with Crippen LogP contribution in [0.3, 0.4) is 0 Å². The standard InChI is InChI=1S/C12H11BrN2OS/c1-8-2-3-14-5-10(8)6-15-12(16)9-4-11(13)17-7-9/h2-5,7H,6H2,1H3,(H,15,16). The highest BCUT2D eigenvalue weighted by atomic mass is 79.9. The molecule has 2 aromatic rings. The zero-order chi connectivity index (χ0) is 12.3. The van der Waals surface area contributed by atoms with E-state index in [-0.39, 0.29) is 5.91 Å². The Labute approximate surface area is 112 Å². The van der Waals surface area contributed by atoms with Crippen LogP contribution in [-0.4, -0.2) is 10.9 Å². The summed E-state index contributed by atoms with van der Waals surface area (Å²) in [5, 5.41) is 4.71. The van der Waals surface area contributed by atoms with Gasteiger partial charge in [-0.05, 0) is 46.1 Å². The van der Waals surface area contributed by atoms with E-state index in [1.807, 2.05) is 24.4 Å². The first-order valence-corrected chi connectivity index (χ1v) is 6.76. The summed E-state index contributed by atoms with van der Waals surface area (Å²) in [6, 6.07) is 3.75. The molecule has 0 saturated carbocycles. The van der Waals surface area contributed by atoms with Crippen LogP contribution in [-0.2, 0) is 6.54 Å². The van der Waals surface area contributed by atoms with Gasteiger partial charge in [-0.15, -0.1) is 11.3 Å². The molecular weight excluding hydrogens is 300 g/mol. The number of aryl methyl sites for hydroxylation is 1. The molecule has 2 rings (SSSR count). The molecule has 0 atom stereocenters. The molecule has 0 aliphatic carbocycles. The SMILES string of the molecule is Cc1ccncc1CNC(=O)c1csc(Br)c1. The number of hydrogen-bond acceptors (Lipinski definition) is 3. The molecule has 0 spiro atoms. The molecule has 0 radical (unpaired) electrons. The Hall–Kier alpha value is -1.20. The zero-order valence-electron chi connectivity index (χ0n) is 9.24. The highest BCUT2D eigenvalue weighted by Crippen LogP contribution is 2.20. The van der Waals surface area contributed by atoms with Gasteiger partial charge in [0.15, 0.2) is 0 Å². The van der Waals surface area contributed by atoms with Crippen LogP contribution in [0.5, 0.6) is 0 Å². The van der Waals surface area contributed by atoms with Gasteiger partial charge in [-0.3, -0.25) is 9.78 Å². The molecule has 1 amide bonds. The molecule has 88 valence electrons. The van der Waals surface area contributed by atoms with Gasteiger partial charge in [-0.1, -0.05) is 0 Å². The van der Waals surface area contributed by atoms with Crippen LogP contribution in [0.4, 0.5) is 0 Å². The zero-order valence-corrected chi connectivity index (χ0v) is 11.6. The van der Waals surface area contributed by atoms with Gasteiger partial charge in [0.1, 0.15) is 0 Å². The van der Waals surface area contributed by atoms with E-state index in [1.165, 1.54) is 11.3 Å². The Kier molecular flexibility index (Phi) is 3.91. The topological polar surface area (TPSA) is 42.0 Å². The molecule has 0 aliphatic rings. The fourth-order valence-electron chi connectivity index (χ4n) is 1.39. The van der Waals surface area contributed by atoms with E-state index >= 15 is 0 Å². The molecule has 3 nitrogen and oxygen atoms in total.